The molecule has 5 rings (SSSR count). The number of hydrogen-bond donors (Lipinski definition) is 1. The standard InChI is InChI=1S/C24H28N4O/c1-17-16-18(10-11-25-17)27-12-5-13-28(15-14-27)24(29)21-8-4-7-20-19-6-2-3-9-22(19)26-23(20)21/h2-3,6,9-11,16,21,26H,4-5,7-8,12-15H2,1H3. The number of fused-ring (bicyclic) bond motifs is 3. The van der Waals surface area contributed by atoms with Crippen molar-refractivity contribution in [2.24, 2.45) is 0 Å². The first-order valence-electron chi connectivity index (χ1n) is 10.8. The van der Waals surface area contributed by atoms with Gasteiger partial charge in [0, 0.05) is 60.4 Å². The summed E-state index contributed by atoms with van der Waals surface area (Å²) in [5.41, 5.74) is 5.92. The number of carbonyl (C=O) groups is 1. The molecule has 2 aromatic heterocycles. The SMILES string of the molecule is Cc1cc(N2CCCN(C(=O)C3CCCc4c3[nH]c3ccccc43)CC2)ccn1. The van der Waals surface area contributed by atoms with E-state index in [0.29, 0.717) is 5.91 Å². The van der Waals surface area contributed by atoms with Gasteiger partial charge in [-0.25, -0.2) is 0 Å². The number of benzene rings is 1. The second-order valence-corrected chi connectivity index (χ2v) is 8.33. The van der Waals surface area contributed by atoms with E-state index in [-0.39, 0.29) is 5.92 Å². The van der Waals surface area contributed by atoms with Crippen LogP contribution in [0, 0.1) is 6.92 Å². The maximum atomic E-state index is 13.5. The molecule has 150 valence electrons. The molecule has 1 aliphatic carbocycles. The first-order chi connectivity index (χ1) is 14.2. The molecule has 1 fully saturated rings. The Kier molecular flexibility index (Phi) is 4.74. The van der Waals surface area contributed by atoms with Crippen LogP contribution in [0.4, 0.5) is 5.69 Å². The summed E-state index contributed by atoms with van der Waals surface area (Å²) < 4.78 is 0. The minimum absolute atomic E-state index is 0.0270. The van der Waals surface area contributed by atoms with E-state index in [9.17, 15) is 4.79 Å². The fraction of sp³-hybridized carbons (Fsp3) is 0.417. The first-order valence-corrected chi connectivity index (χ1v) is 10.8. The number of nitrogens with one attached hydrogen (secondary N) is 1. The average Bonchev–Trinajstić information content (AvgIpc) is 2.95. The van der Waals surface area contributed by atoms with Crippen molar-refractivity contribution in [3.63, 3.8) is 0 Å². The van der Waals surface area contributed by atoms with Crippen LogP contribution in [0.15, 0.2) is 42.6 Å². The van der Waals surface area contributed by atoms with Crippen LogP contribution in [-0.2, 0) is 11.2 Å². The number of nitrogens with zero attached hydrogens (tertiary/aromatic N) is 3. The lowest BCUT2D eigenvalue weighted by Gasteiger charge is -2.29. The Balaban J connectivity index is 1.35. The summed E-state index contributed by atoms with van der Waals surface area (Å²) in [5.74, 6) is 0.270. The number of anilines is 1. The number of hydrogen-bond acceptors (Lipinski definition) is 3. The molecule has 1 aromatic carbocycles. The van der Waals surface area contributed by atoms with E-state index in [2.05, 4.69) is 56.2 Å². The Morgan fingerprint density at radius 2 is 2.00 bits per heavy atom. The third kappa shape index (κ3) is 3.39. The zero-order valence-electron chi connectivity index (χ0n) is 17.0. The molecule has 29 heavy (non-hydrogen) atoms. The average molecular weight is 389 g/mol. The Morgan fingerprint density at radius 1 is 1.10 bits per heavy atom. The second-order valence-electron chi connectivity index (χ2n) is 8.33. The highest BCUT2D eigenvalue weighted by Gasteiger charge is 2.33. The second kappa shape index (κ2) is 7.54. The van der Waals surface area contributed by atoms with Gasteiger partial charge in [-0.2, -0.15) is 0 Å². The molecular weight excluding hydrogens is 360 g/mol. The van der Waals surface area contributed by atoms with Crippen LogP contribution in [0.5, 0.6) is 0 Å². The van der Waals surface area contributed by atoms with Crippen molar-refractivity contribution in [2.45, 2.75) is 38.5 Å². The predicted octanol–water partition coefficient (Wildman–Crippen LogP) is 4.03. The van der Waals surface area contributed by atoms with Gasteiger partial charge in [-0.3, -0.25) is 9.78 Å². The normalized spacial score (nSPS) is 19.8. The van der Waals surface area contributed by atoms with Gasteiger partial charge in [-0.05, 0) is 56.4 Å². The Bertz CT molecular complexity index is 1040. The van der Waals surface area contributed by atoms with E-state index in [0.717, 1.165) is 68.8 Å². The highest BCUT2D eigenvalue weighted by Crippen LogP contribution is 2.37. The molecular formula is C24H28N4O. The molecule has 1 saturated heterocycles. The van der Waals surface area contributed by atoms with Crippen LogP contribution in [0.1, 0.15) is 42.1 Å². The van der Waals surface area contributed by atoms with Crippen molar-refractivity contribution < 1.29 is 4.79 Å². The molecule has 5 nitrogen and oxygen atoms in total. The summed E-state index contributed by atoms with van der Waals surface area (Å²) in [7, 11) is 0. The van der Waals surface area contributed by atoms with Gasteiger partial charge in [0.25, 0.3) is 0 Å². The van der Waals surface area contributed by atoms with E-state index in [1.54, 1.807) is 0 Å². The van der Waals surface area contributed by atoms with Gasteiger partial charge >= 0.3 is 0 Å². The Hall–Kier alpha value is -2.82. The molecule has 0 spiro atoms. The number of aryl methyl sites for hydroxylation is 2. The van der Waals surface area contributed by atoms with Crippen LogP contribution < -0.4 is 4.90 Å². The number of pyridine rings is 1. The highest BCUT2D eigenvalue weighted by atomic mass is 16.2. The summed E-state index contributed by atoms with van der Waals surface area (Å²) in [6.07, 6.45) is 5.97. The fourth-order valence-corrected chi connectivity index (χ4v) is 5.01. The lowest BCUT2D eigenvalue weighted by atomic mass is 9.86. The molecule has 5 heteroatoms. The van der Waals surface area contributed by atoms with Gasteiger partial charge in [-0.1, -0.05) is 18.2 Å². The van der Waals surface area contributed by atoms with Crippen molar-refractivity contribution in [2.75, 3.05) is 31.1 Å². The predicted molar refractivity (Wildman–Crippen MR) is 116 cm³/mol. The first kappa shape index (κ1) is 18.2. The lowest BCUT2D eigenvalue weighted by molar-refractivity contribution is -0.133. The molecule has 0 bridgehead atoms. The number of para-hydroxylation sites is 1. The molecule has 0 saturated carbocycles. The fourth-order valence-electron chi connectivity index (χ4n) is 5.01. The molecule has 1 N–H and O–H groups in total. The number of aromatic amines is 1. The summed E-state index contributed by atoms with van der Waals surface area (Å²) in [4.78, 5) is 25.9. The van der Waals surface area contributed by atoms with E-state index >= 15 is 0 Å². The van der Waals surface area contributed by atoms with Crippen molar-refractivity contribution >= 4 is 22.5 Å². The maximum Gasteiger partial charge on any atom is 0.231 e. The van der Waals surface area contributed by atoms with Crippen LogP contribution in [-0.4, -0.2) is 47.0 Å². The maximum absolute atomic E-state index is 13.5. The summed E-state index contributed by atoms with van der Waals surface area (Å²) >= 11 is 0. The minimum atomic E-state index is -0.0270. The number of rotatable bonds is 2. The van der Waals surface area contributed by atoms with Crippen molar-refractivity contribution in [3.05, 3.63) is 59.5 Å². The zero-order chi connectivity index (χ0) is 19.8. The van der Waals surface area contributed by atoms with Crippen LogP contribution in [0.25, 0.3) is 10.9 Å². The van der Waals surface area contributed by atoms with Crippen molar-refractivity contribution in [1.29, 1.82) is 0 Å². The molecule has 3 aromatic rings. The van der Waals surface area contributed by atoms with Gasteiger partial charge in [0.15, 0.2) is 0 Å². The third-order valence-electron chi connectivity index (χ3n) is 6.47. The third-order valence-corrected chi connectivity index (χ3v) is 6.47. The van der Waals surface area contributed by atoms with Crippen molar-refractivity contribution in [1.82, 2.24) is 14.9 Å². The number of H-pyrrole nitrogens is 1. The number of carbonyl (C=O) groups excluding carboxylic acids is 1. The molecule has 1 unspecified atom stereocenters. The topological polar surface area (TPSA) is 52.2 Å². The molecule has 0 radical (unpaired) electrons. The highest BCUT2D eigenvalue weighted by molar-refractivity contribution is 5.90. The van der Waals surface area contributed by atoms with Crippen LogP contribution in [0.3, 0.4) is 0 Å². The van der Waals surface area contributed by atoms with E-state index in [1.807, 2.05) is 13.1 Å². The van der Waals surface area contributed by atoms with Gasteiger partial charge in [0.05, 0.1) is 5.92 Å². The largest absolute Gasteiger partial charge is 0.370 e. The van der Waals surface area contributed by atoms with Gasteiger partial charge < -0.3 is 14.8 Å². The zero-order valence-corrected chi connectivity index (χ0v) is 17.0. The van der Waals surface area contributed by atoms with E-state index in [1.165, 1.54) is 16.6 Å². The Labute approximate surface area is 171 Å². The molecule has 1 aliphatic heterocycles. The van der Waals surface area contributed by atoms with Crippen LogP contribution in [0.2, 0.25) is 0 Å². The number of aromatic nitrogens is 2. The lowest BCUT2D eigenvalue weighted by Crippen LogP contribution is -2.39. The quantitative estimate of drug-likeness (QED) is 0.721. The van der Waals surface area contributed by atoms with E-state index in [4.69, 9.17) is 0 Å². The van der Waals surface area contributed by atoms with Gasteiger partial charge in [-0.15, -0.1) is 0 Å². The van der Waals surface area contributed by atoms with Crippen molar-refractivity contribution in [3.8, 4) is 0 Å². The molecule has 3 heterocycles. The summed E-state index contributed by atoms with van der Waals surface area (Å²) in [5, 5.41) is 1.29. The summed E-state index contributed by atoms with van der Waals surface area (Å²) in [6, 6.07) is 12.7. The molecule has 2 aliphatic rings. The monoisotopic (exact) mass is 388 g/mol. The smallest absolute Gasteiger partial charge is 0.231 e. The Morgan fingerprint density at radius 3 is 2.90 bits per heavy atom. The molecule has 1 amide bonds. The van der Waals surface area contributed by atoms with Gasteiger partial charge in [0.2, 0.25) is 5.91 Å². The summed E-state index contributed by atoms with van der Waals surface area (Å²) in [6.45, 7) is 5.51. The number of amides is 1. The van der Waals surface area contributed by atoms with Crippen LogP contribution >= 0.6 is 0 Å². The molecule has 1 atom stereocenters. The van der Waals surface area contributed by atoms with Gasteiger partial charge in [0.1, 0.15) is 0 Å². The van der Waals surface area contributed by atoms with E-state index < -0.39 is 0 Å². The minimum Gasteiger partial charge on any atom is -0.370 e.